The highest BCUT2D eigenvalue weighted by molar-refractivity contribution is 5.80. The summed E-state index contributed by atoms with van der Waals surface area (Å²) >= 11 is 0. The Kier molecular flexibility index (Phi) is 57.5. The van der Waals surface area contributed by atoms with E-state index >= 15 is 0 Å². The highest BCUT2D eigenvalue weighted by atomic mass is 16.7. The van der Waals surface area contributed by atoms with Crippen LogP contribution in [0, 0.1) is 0 Å². The summed E-state index contributed by atoms with van der Waals surface area (Å²) in [6.45, 7) is 3.48. The number of rotatable bonds is 62. The van der Waals surface area contributed by atoms with Gasteiger partial charge in [0.15, 0.2) is 6.29 Å². The van der Waals surface area contributed by atoms with Gasteiger partial charge in [0.2, 0.25) is 5.91 Å². The van der Waals surface area contributed by atoms with Crippen LogP contribution >= 0.6 is 0 Å². The van der Waals surface area contributed by atoms with Crippen molar-refractivity contribution in [2.45, 2.75) is 390 Å². The van der Waals surface area contributed by atoms with Crippen LogP contribution in [0.1, 0.15) is 335 Å². The summed E-state index contributed by atoms with van der Waals surface area (Å²) in [6, 6.07) is -1.20. The van der Waals surface area contributed by atoms with Crippen molar-refractivity contribution >= 4 is 5.91 Å². The minimum atomic E-state index is -1.68. The first-order valence-corrected chi connectivity index (χ1v) is 35.5. The summed E-state index contributed by atoms with van der Waals surface area (Å²) in [6.07, 6.45) is 67.7. The van der Waals surface area contributed by atoms with E-state index in [0.29, 0.717) is 19.3 Å². The fraction of sp³-hybridized carbons (Fsp3) is 0.875. The number of hydrogen-bond donors (Lipinski definition) is 8. The third-order valence-electron chi connectivity index (χ3n) is 17.1. The predicted molar refractivity (Wildman–Crippen MR) is 348 cm³/mol. The van der Waals surface area contributed by atoms with Gasteiger partial charge in [-0.15, -0.1) is 0 Å². The molecule has 0 bridgehead atoms. The van der Waals surface area contributed by atoms with Gasteiger partial charge in [0.1, 0.15) is 36.6 Å². The van der Waals surface area contributed by atoms with E-state index in [0.717, 1.165) is 51.4 Å². The molecule has 1 saturated heterocycles. The average Bonchev–Trinajstić information content (AvgIpc) is 3.68. The zero-order valence-corrected chi connectivity index (χ0v) is 53.9. The molecule has 1 fully saturated rings. The highest BCUT2D eigenvalue weighted by Crippen LogP contribution is 2.24. The van der Waals surface area contributed by atoms with Gasteiger partial charge in [0, 0.05) is 0 Å². The Hall–Kier alpha value is -1.93. The minimum absolute atomic E-state index is 0.240. The average molecular weight is 1170 g/mol. The Labute approximate surface area is 510 Å². The standard InChI is InChI=1S/C72H135NO10/c1-3-5-7-9-11-13-15-17-19-21-23-25-27-29-30-31-32-33-34-35-36-38-39-41-43-45-47-49-51-53-55-57-59-64(75)67(77)63(62-82-72-70(80)69(79)68(78)66(61-74)83-72)73-71(81)65(76)60-58-56-54-52-50-48-46-44-42-40-37-28-26-24-22-20-18-16-14-12-10-8-6-4-2/h36-38,40,43,45,51,53,63-70,72,74-80H,3-35,39,41-42,44,46-50,52,54-62H2,1-2H3,(H,73,81)/b38-36+,40-37-,45-43+,53-51+. The predicted octanol–water partition coefficient (Wildman–Crippen LogP) is 17.1. The second kappa shape index (κ2) is 60.4. The van der Waals surface area contributed by atoms with Crippen molar-refractivity contribution in [1.29, 1.82) is 0 Å². The fourth-order valence-corrected chi connectivity index (χ4v) is 11.4. The number of aliphatic hydroxyl groups is 7. The summed E-state index contributed by atoms with van der Waals surface area (Å²) in [5, 5.41) is 76.4. The Morgan fingerprint density at radius 3 is 1.07 bits per heavy atom. The molecule has 488 valence electrons. The maximum atomic E-state index is 13.2. The minimum Gasteiger partial charge on any atom is -0.394 e. The van der Waals surface area contributed by atoms with Crippen LogP contribution in [0.2, 0.25) is 0 Å². The Morgan fingerprint density at radius 2 is 0.723 bits per heavy atom. The normalized spacial score (nSPS) is 19.3. The summed E-state index contributed by atoms with van der Waals surface area (Å²) in [7, 11) is 0. The van der Waals surface area contributed by atoms with E-state index in [1.54, 1.807) is 0 Å². The van der Waals surface area contributed by atoms with Crippen LogP contribution in [-0.2, 0) is 14.3 Å². The number of allylic oxidation sites excluding steroid dienone is 8. The van der Waals surface area contributed by atoms with Crippen molar-refractivity contribution < 1.29 is 50.0 Å². The van der Waals surface area contributed by atoms with Gasteiger partial charge in [-0.1, -0.05) is 294 Å². The zero-order chi connectivity index (χ0) is 60.3. The first-order chi connectivity index (χ1) is 40.7. The third-order valence-corrected chi connectivity index (χ3v) is 17.1. The number of aliphatic hydroxyl groups excluding tert-OH is 7. The van der Waals surface area contributed by atoms with Crippen molar-refractivity contribution in [1.82, 2.24) is 5.32 Å². The third kappa shape index (κ3) is 47.8. The van der Waals surface area contributed by atoms with Gasteiger partial charge in [-0.3, -0.25) is 4.79 Å². The van der Waals surface area contributed by atoms with E-state index in [1.807, 2.05) is 0 Å². The molecule has 1 aliphatic heterocycles. The molecule has 11 nitrogen and oxygen atoms in total. The number of nitrogens with one attached hydrogen (secondary N) is 1. The largest absolute Gasteiger partial charge is 0.394 e. The van der Waals surface area contributed by atoms with Crippen LogP contribution in [0.15, 0.2) is 48.6 Å². The molecule has 9 unspecified atom stereocenters. The first kappa shape index (κ1) is 79.1. The molecule has 83 heavy (non-hydrogen) atoms. The lowest BCUT2D eigenvalue weighted by atomic mass is 9.98. The molecule has 1 amide bonds. The van der Waals surface area contributed by atoms with Crippen molar-refractivity contribution in [2.75, 3.05) is 13.2 Å². The van der Waals surface area contributed by atoms with E-state index in [4.69, 9.17) is 9.47 Å². The molecule has 0 aromatic heterocycles. The molecule has 1 rings (SSSR count). The molecular formula is C72H135NO10. The molecule has 9 atom stereocenters. The smallest absolute Gasteiger partial charge is 0.249 e. The monoisotopic (exact) mass is 1170 g/mol. The molecule has 0 aliphatic carbocycles. The molecule has 0 saturated carbocycles. The van der Waals surface area contributed by atoms with E-state index < -0.39 is 74.2 Å². The van der Waals surface area contributed by atoms with Crippen molar-refractivity contribution in [3.8, 4) is 0 Å². The van der Waals surface area contributed by atoms with Crippen LogP contribution in [-0.4, -0.2) is 110 Å². The lowest BCUT2D eigenvalue weighted by Crippen LogP contribution is -2.60. The topological polar surface area (TPSA) is 189 Å². The van der Waals surface area contributed by atoms with Gasteiger partial charge in [-0.05, 0) is 89.9 Å². The zero-order valence-electron chi connectivity index (χ0n) is 53.9. The van der Waals surface area contributed by atoms with Crippen LogP contribution in [0.3, 0.4) is 0 Å². The van der Waals surface area contributed by atoms with Gasteiger partial charge >= 0.3 is 0 Å². The van der Waals surface area contributed by atoms with E-state index in [1.165, 1.54) is 238 Å². The summed E-state index contributed by atoms with van der Waals surface area (Å²) in [5.74, 6) is -0.712. The van der Waals surface area contributed by atoms with Crippen LogP contribution < -0.4 is 5.32 Å². The Bertz CT molecular complexity index is 1490. The number of unbranched alkanes of at least 4 members (excludes halogenated alkanes) is 42. The quantitative estimate of drug-likeness (QED) is 0.0215. The summed E-state index contributed by atoms with van der Waals surface area (Å²) in [5.41, 5.74) is 0. The van der Waals surface area contributed by atoms with Crippen molar-refractivity contribution in [3.63, 3.8) is 0 Å². The van der Waals surface area contributed by atoms with Gasteiger partial charge in [0.05, 0.1) is 25.4 Å². The lowest BCUT2D eigenvalue weighted by Gasteiger charge is -2.40. The number of carbonyl (C=O) groups is 1. The number of carbonyl (C=O) groups excluding carboxylic acids is 1. The number of amides is 1. The Morgan fingerprint density at radius 1 is 0.410 bits per heavy atom. The maximum Gasteiger partial charge on any atom is 0.249 e. The van der Waals surface area contributed by atoms with Crippen LogP contribution in [0.4, 0.5) is 0 Å². The summed E-state index contributed by atoms with van der Waals surface area (Å²) < 4.78 is 11.2. The number of ether oxygens (including phenoxy) is 2. The first-order valence-electron chi connectivity index (χ1n) is 35.5. The molecule has 0 radical (unpaired) electrons. The molecule has 0 aromatic carbocycles. The van der Waals surface area contributed by atoms with Crippen LogP contribution in [0.25, 0.3) is 0 Å². The van der Waals surface area contributed by atoms with Crippen LogP contribution in [0.5, 0.6) is 0 Å². The SMILES string of the molecule is CCCCCCCCCCCCCC/C=C\CCCCCCCCCCC(O)C(=O)NC(COC1OC(CO)C(O)C(O)C1O)C(O)C(O)CCC/C=C/CC/C=C/CC/C=C/CCCCCCCCCCCCCCCCCCCCC. The van der Waals surface area contributed by atoms with Gasteiger partial charge < -0.3 is 50.5 Å². The molecule has 11 heteroatoms. The van der Waals surface area contributed by atoms with Gasteiger partial charge in [-0.25, -0.2) is 0 Å². The molecule has 1 aliphatic rings. The maximum absolute atomic E-state index is 13.2. The van der Waals surface area contributed by atoms with E-state index in [2.05, 4.69) is 67.8 Å². The second-order valence-electron chi connectivity index (χ2n) is 24.9. The molecule has 8 N–H and O–H groups in total. The van der Waals surface area contributed by atoms with Crippen molar-refractivity contribution in [2.24, 2.45) is 0 Å². The fourth-order valence-electron chi connectivity index (χ4n) is 11.4. The van der Waals surface area contributed by atoms with Gasteiger partial charge in [-0.2, -0.15) is 0 Å². The van der Waals surface area contributed by atoms with Crippen molar-refractivity contribution in [3.05, 3.63) is 48.6 Å². The van der Waals surface area contributed by atoms with Gasteiger partial charge in [0.25, 0.3) is 0 Å². The summed E-state index contributed by atoms with van der Waals surface area (Å²) in [4.78, 5) is 13.2. The lowest BCUT2D eigenvalue weighted by molar-refractivity contribution is -0.303. The second-order valence-corrected chi connectivity index (χ2v) is 24.9. The number of hydrogen-bond acceptors (Lipinski definition) is 10. The highest BCUT2D eigenvalue weighted by Gasteiger charge is 2.44. The molecule has 1 heterocycles. The molecule has 0 aromatic rings. The molecular weight excluding hydrogens is 1040 g/mol. The van der Waals surface area contributed by atoms with E-state index in [-0.39, 0.29) is 12.8 Å². The Balaban J connectivity index is 2.24. The van der Waals surface area contributed by atoms with E-state index in [9.17, 15) is 40.5 Å². The molecule has 0 spiro atoms.